The number of rotatable bonds is 5. The van der Waals surface area contributed by atoms with E-state index in [4.69, 9.17) is 4.74 Å². The first-order valence-electron chi connectivity index (χ1n) is 12.7. The molecule has 3 heterocycles. The second-order valence-electron chi connectivity index (χ2n) is 10.3. The SMILES string of the molecule is C[C@@H](O[C@H]1CN2C(=O)CC(c3ccncc3)CC2C1c1ccc(F)cc1)c1cc(C(F)(F)F)cc(C(F)(F)F)c1. The van der Waals surface area contributed by atoms with Gasteiger partial charge in [0.15, 0.2) is 0 Å². The number of piperidine rings is 1. The molecule has 3 unspecified atom stereocenters. The van der Waals surface area contributed by atoms with E-state index in [1.165, 1.54) is 19.1 Å². The Balaban J connectivity index is 1.49. The first-order valence-corrected chi connectivity index (χ1v) is 12.7. The van der Waals surface area contributed by atoms with E-state index in [2.05, 4.69) is 4.98 Å². The van der Waals surface area contributed by atoms with E-state index >= 15 is 0 Å². The minimum Gasteiger partial charge on any atom is -0.368 e. The average Bonchev–Trinajstić information content (AvgIpc) is 3.26. The molecule has 0 N–H and O–H groups in total. The zero-order chi connectivity index (χ0) is 28.8. The molecule has 2 aromatic carbocycles. The molecule has 5 rings (SSSR count). The number of nitrogens with zero attached hydrogens (tertiary/aromatic N) is 2. The summed E-state index contributed by atoms with van der Waals surface area (Å²) in [6, 6.07) is 10.3. The second kappa shape index (κ2) is 10.5. The third kappa shape index (κ3) is 5.70. The minimum atomic E-state index is -4.99. The number of carbonyl (C=O) groups is 1. The largest absolute Gasteiger partial charge is 0.416 e. The first-order chi connectivity index (χ1) is 18.8. The van der Waals surface area contributed by atoms with Gasteiger partial charge >= 0.3 is 12.4 Å². The molecule has 0 aliphatic carbocycles. The Labute approximate surface area is 225 Å². The van der Waals surface area contributed by atoms with Crippen LogP contribution < -0.4 is 0 Å². The van der Waals surface area contributed by atoms with Crippen molar-refractivity contribution in [2.45, 2.75) is 62.2 Å². The summed E-state index contributed by atoms with van der Waals surface area (Å²) in [6.45, 7) is 1.49. The van der Waals surface area contributed by atoms with Gasteiger partial charge in [0.2, 0.25) is 5.91 Å². The molecule has 1 amide bonds. The van der Waals surface area contributed by atoms with E-state index in [1.807, 2.05) is 12.1 Å². The van der Waals surface area contributed by atoms with Crippen LogP contribution in [0.25, 0.3) is 0 Å². The number of hydrogen-bond acceptors (Lipinski definition) is 3. The Hall–Kier alpha value is -3.47. The standard InChI is InChI=1S/C29H25F7N2O2/c1-16(19-10-21(28(31,32)33)14-22(11-19)29(34,35)36)40-25-15-38-24(27(25)18-2-4-23(30)5-3-18)12-20(13-26(38)39)17-6-8-37-9-7-17/h2-11,14,16,20,24-25,27H,12-13,15H2,1H3/t16-,20?,24?,25+,27?/m1/s1. The van der Waals surface area contributed by atoms with Crippen LogP contribution in [0.4, 0.5) is 30.7 Å². The quantitative estimate of drug-likeness (QED) is 0.305. The van der Waals surface area contributed by atoms with Gasteiger partial charge in [-0.3, -0.25) is 9.78 Å². The van der Waals surface area contributed by atoms with Crippen LogP contribution in [0, 0.1) is 5.82 Å². The van der Waals surface area contributed by atoms with Gasteiger partial charge in [0.25, 0.3) is 0 Å². The van der Waals surface area contributed by atoms with Crippen molar-refractivity contribution in [1.29, 1.82) is 0 Å². The van der Waals surface area contributed by atoms with Gasteiger partial charge < -0.3 is 9.64 Å². The maximum Gasteiger partial charge on any atom is 0.416 e. The van der Waals surface area contributed by atoms with E-state index in [0.29, 0.717) is 24.1 Å². The topological polar surface area (TPSA) is 42.4 Å². The van der Waals surface area contributed by atoms with Gasteiger partial charge in [0.05, 0.1) is 23.3 Å². The highest BCUT2D eigenvalue weighted by atomic mass is 19.4. The Bertz CT molecular complexity index is 1330. The molecule has 2 aliphatic heterocycles. The van der Waals surface area contributed by atoms with Gasteiger partial charge in [-0.1, -0.05) is 12.1 Å². The fourth-order valence-electron chi connectivity index (χ4n) is 5.84. The van der Waals surface area contributed by atoms with Crippen molar-refractivity contribution < 1.29 is 40.3 Å². The molecule has 4 nitrogen and oxygen atoms in total. The van der Waals surface area contributed by atoms with Crippen LogP contribution in [0.2, 0.25) is 0 Å². The monoisotopic (exact) mass is 566 g/mol. The fraction of sp³-hybridized carbons (Fsp3) is 0.379. The Morgan fingerprint density at radius 3 is 2.08 bits per heavy atom. The number of alkyl halides is 6. The third-order valence-electron chi connectivity index (χ3n) is 7.75. The van der Waals surface area contributed by atoms with Gasteiger partial charge in [-0.25, -0.2) is 4.39 Å². The summed E-state index contributed by atoms with van der Waals surface area (Å²) in [7, 11) is 0. The number of amides is 1. The molecule has 2 saturated heterocycles. The minimum absolute atomic E-state index is 0.0747. The lowest BCUT2D eigenvalue weighted by Gasteiger charge is -2.37. The van der Waals surface area contributed by atoms with Gasteiger partial charge in [0, 0.05) is 37.3 Å². The van der Waals surface area contributed by atoms with Gasteiger partial charge in [0.1, 0.15) is 5.82 Å². The molecule has 11 heteroatoms. The van der Waals surface area contributed by atoms with E-state index in [0.717, 1.165) is 5.56 Å². The fourth-order valence-corrected chi connectivity index (χ4v) is 5.84. The Morgan fingerprint density at radius 2 is 1.50 bits per heavy atom. The summed E-state index contributed by atoms with van der Waals surface area (Å²) >= 11 is 0. The second-order valence-corrected chi connectivity index (χ2v) is 10.3. The zero-order valence-corrected chi connectivity index (χ0v) is 21.2. The lowest BCUT2D eigenvalue weighted by Crippen LogP contribution is -2.43. The van der Waals surface area contributed by atoms with E-state index in [-0.39, 0.29) is 42.5 Å². The number of aromatic nitrogens is 1. The van der Waals surface area contributed by atoms with E-state index in [9.17, 15) is 35.5 Å². The number of halogens is 7. The highest BCUT2D eigenvalue weighted by molar-refractivity contribution is 5.79. The van der Waals surface area contributed by atoms with Crippen LogP contribution in [0.5, 0.6) is 0 Å². The van der Waals surface area contributed by atoms with Crippen molar-refractivity contribution in [3.05, 3.63) is 101 Å². The molecule has 2 fully saturated rings. The number of fused-ring (bicyclic) bond motifs is 1. The summed E-state index contributed by atoms with van der Waals surface area (Å²) in [5, 5.41) is 0. The molecular weight excluding hydrogens is 541 g/mol. The lowest BCUT2D eigenvalue weighted by molar-refractivity contribution is -0.143. The van der Waals surface area contributed by atoms with Crippen LogP contribution in [0.1, 0.15) is 65.5 Å². The number of carbonyl (C=O) groups excluding carboxylic acids is 1. The van der Waals surface area contributed by atoms with Crippen LogP contribution in [0.15, 0.2) is 67.0 Å². The van der Waals surface area contributed by atoms with E-state index in [1.54, 1.807) is 29.4 Å². The molecule has 0 bridgehead atoms. The van der Waals surface area contributed by atoms with Crippen molar-refractivity contribution in [1.82, 2.24) is 9.88 Å². The molecule has 0 saturated carbocycles. The predicted molar refractivity (Wildman–Crippen MR) is 131 cm³/mol. The molecule has 212 valence electrons. The maximum atomic E-state index is 13.8. The van der Waals surface area contributed by atoms with Crippen molar-refractivity contribution in [3.8, 4) is 0 Å². The predicted octanol–water partition coefficient (Wildman–Crippen LogP) is 7.28. The van der Waals surface area contributed by atoms with Crippen LogP contribution in [-0.2, 0) is 21.9 Å². The first kappa shape index (κ1) is 28.1. The van der Waals surface area contributed by atoms with E-state index < -0.39 is 47.4 Å². The molecule has 2 aliphatic rings. The van der Waals surface area contributed by atoms with Gasteiger partial charge in [-0.15, -0.1) is 0 Å². The summed E-state index contributed by atoms with van der Waals surface area (Å²) in [4.78, 5) is 18.9. The number of benzene rings is 2. The molecule has 3 aromatic rings. The van der Waals surface area contributed by atoms with Gasteiger partial charge in [-0.2, -0.15) is 26.3 Å². The molecule has 0 radical (unpaired) electrons. The summed E-state index contributed by atoms with van der Waals surface area (Å²) in [6.07, 6.45) is -7.84. The highest BCUT2D eigenvalue weighted by Crippen LogP contribution is 2.46. The Morgan fingerprint density at radius 1 is 0.900 bits per heavy atom. The van der Waals surface area contributed by atoms with Crippen molar-refractivity contribution >= 4 is 5.91 Å². The zero-order valence-electron chi connectivity index (χ0n) is 21.2. The number of pyridine rings is 1. The summed E-state index contributed by atoms with van der Waals surface area (Å²) < 4.78 is 101. The number of ether oxygens (including phenoxy) is 1. The summed E-state index contributed by atoms with van der Waals surface area (Å²) in [5.74, 6) is -1.21. The van der Waals surface area contributed by atoms with Crippen LogP contribution in [0.3, 0.4) is 0 Å². The van der Waals surface area contributed by atoms with Gasteiger partial charge in [-0.05, 0) is 78.4 Å². The Kier molecular flexibility index (Phi) is 7.37. The molecular formula is C29H25F7N2O2. The van der Waals surface area contributed by atoms with Crippen molar-refractivity contribution in [2.24, 2.45) is 0 Å². The molecule has 5 atom stereocenters. The van der Waals surface area contributed by atoms with Crippen molar-refractivity contribution in [2.75, 3.05) is 6.54 Å². The molecule has 0 spiro atoms. The maximum absolute atomic E-state index is 13.8. The normalized spacial score (nSPS) is 24.2. The van der Waals surface area contributed by atoms with Crippen LogP contribution in [-0.4, -0.2) is 34.5 Å². The molecule has 1 aromatic heterocycles. The average molecular weight is 567 g/mol. The van der Waals surface area contributed by atoms with Crippen LogP contribution >= 0.6 is 0 Å². The smallest absolute Gasteiger partial charge is 0.368 e. The highest BCUT2D eigenvalue weighted by Gasteiger charge is 2.49. The molecule has 40 heavy (non-hydrogen) atoms. The lowest BCUT2D eigenvalue weighted by atomic mass is 9.79. The third-order valence-corrected chi connectivity index (χ3v) is 7.75. The number of hydrogen-bond donors (Lipinski definition) is 0. The summed E-state index contributed by atoms with van der Waals surface area (Å²) in [5.41, 5.74) is -1.55. The van der Waals surface area contributed by atoms with Crippen molar-refractivity contribution in [3.63, 3.8) is 0 Å².